The van der Waals surface area contributed by atoms with E-state index < -0.39 is 14.5 Å². The second-order valence-electron chi connectivity index (χ2n) is 6.93. The molecule has 0 saturated heterocycles. The highest BCUT2D eigenvalue weighted by molar-refractivity contribution is 8.28. The Labute approximate surface area is 171 Å². The quantitative estimate of drug-likeness (QED) is 0.202. The summed E-state index contributed by atoms with van der Waals surface area (Å²) in [4.78, 5) is 3.10. The normalized spacial score (nSPS) is 14.6. The van der Waals surface area contributed by atoms with E-state index in [1.807, 2.05) is 0 Å². The molecule has 1 aliphatic rings. The van der Waals surface area contributed by atoms with Crippen LogP contribution in [0.15, 0.2) is 34.1 Å². The third kappa shape index (κ3) is 9.45. The molecule has 1 aliphatic heterocycles. The van der Waals surface area contributed by atoms with Gasteiger partial charge in [-0.1, -0.05) is 75.7 Å². The van der Waals surface area contributed by atoms with Gasteiger partial charge in [-0.05, 0) is 31.4 Å². The van der Waals surface area contributed by atoms with Gasteiger partial charge in [0.25, 0.3) is 0 Å². The van der Waals surface area contributed by atoms with Gasteiger partial charge in [0, 0.05) is 17.1 Å². The molecule has 0 nitrogen and oxygen atoms in total. The van der Waals surface area contributed by atoms with Crippen LogP contribution in [-0.4, -0.2) is 30.1 Å². The standard InChI is InChI=1S/C19H32PS2.BF4/c1-4-7-14-20(15-8-5-2,16-9-6-3)19-21-17-12-10-11-13-18(17)22-19;2-1(3,4)5/h10-13,19H,4-9,14-16H2,1-3H3;/q+1;-1. The van der Waals surface area contributed by atoms with E-state index in [1.165, 1.54) is 57.0 Å². The van der Waals surface area contributed by atoms with Crippen molar-refractivity contribution < 1.29 is 17.3 Å². The van der Waals surface area contributed by atoms with Gasteiger partial charge in [-0.25, -0.2) is 0 Å². The Balaban J connectivity index is 0.000000646. The summed E-state index contributed by atoms with van der Waals surface area (Å²) in [5, 5.41) is 0. The van der Waals surface area contributed by atoms with Crippen molar-refractivity contribution in [2.24, 2.45) is 0 Å². The Morgan fingerprint density at radius 1 is 0.778 bits per heavy atom. The minimum Gasteiger partial charge on any atom is -0.418 e. The summed E-state index contributed by atoms with van der Waals surface area (Å²) in [6.07, 6.45) is 13.0. The summed E-state index contributed by atoms with van der Waals surface area (Å²) in [5.74, 6) is 0. The third-order valence-corrected chi connectivity index (χ3v) is 14.8. The second kappa shape index (κ2) is 12.6. The summed E-state index contributed by atoms with van der Waals surface area (Å²) in [6.45, 7) is 7.08. The summed E-state index contributed by atoms with van der Waals surface area (Å²) in [6, 6.07) is 9.08. The van der Waals surface area contributed by atoms with Crippen LogP contribution < -0.4 is 0 Å². The monoisotopic (exact) mass is 442 g/mol. The first-order chi connectivity index (χ1) is 12.8. The lowest BCUT2D eigenvalue weighted by atomic mass is 10.3. The molecule has 8 heteroatoms. The molecule has 1 aromatic rings. The van der Waals surface area contributed by atoms with Crippen LogP contribution in [0.4, 0.5) is 17.3 Å². The molecule has 156 valence electrons. The van der Waals surface area contributed by atoms with E-state index in [-0.39, 0.29) is 0 Å². The van der Waals surface area contributed by atoms with E-state index in [4.69, 9.17) is 0 Å². The van der Waals surface area contributed by atoms with E-state index in [9.17, 15) is 17.3 Å². The maximum Gasteiger partial charge on any atom is 0.673 e. The number of thioether (sulfide) groups is 2. The van der Waals surface area contributed by atoms with Crippen LogP contribution in [-0.2, 0) is 0 Å². The molecule has 0 spiro atoms. The van der Waals surface area contributed by atoms with Gasteiger partial charge >= 0.3 is 7.25 Å². The number of fused-ring (bicyclic) bond motifs is 1. The SMILES string of the molecule is CCCC[P+](CCCC)(CCCC)C1Sc2ccccc2S1.F[B-](F)(F)F. The fourth-order valence-corrected chi connectivity index (χ4v) is 13.9. The molecule has 0 amide bonds. The smallest absolute Gasteiger partial charge is 0.418 e. The van der Waals surface area contributed by atoms with Crippen LogP contribution in [0.1, 0.15) is 59.3 Å². The number of hydrogen-bond donors (Lipinski definition) is 0. The number of halogens is 4. The molecule has 0 aromatic heterocycles. The predicted molar refractivity (Wildman–Crippen MR) is 118 cm³/mol. The zero-order valence-electron chi connectivity index (χ0n) is 16.6. The van der Waals surface area contributed by atoms with Gasteiger partial charge in [0.05, 0.1) is 18.5 Å². The minimum absolute atomic E-state index is 0.842. The average molecular weight is 442 g/mol. The van der Waals surface area contributed by atoms with Crippen molar-refractivity contribution in [3.63, 3.8) is 0 Å². The molecular weight excluding hydrogens is 410 g/mol. The molecule has 0 atom stereocenters. The molecule has 0 bridgehead atoms. The number of hydrogen-bond acceptors (Lipinski definition) is 2. The van der Waals surface area contributed by atoms with Crippen LogP contribution >= 0.6 is 30.8 Å². The van der Waals surface area contributed by atoms with Gasteiger partial charge in [-0.15, -0.1) is 0 Å². The van der Waals surface area contributed by atoms with Crippen LogP contribution in [0.3, 0.4) is 0 Å². The van der Waals surface area contributed by atoms with E-state index >= 15 is 0 Å². The highest BCUT2D eigenvalue weighted by Gasteiger charge is 2.48. The molecule has 1 heterocycles. The summed E-state index contributed by atoms with van der Waals surface area (Å²) in [5.41, 5.74) is 0. The topological polar surface area (TPSA) is 0 Å². The zero-order chi connectivity index (χ0) is 20.3. The van der Waals surface area contributed by atoms with Gasteiger partial charge < -0.3 is 17.3 Å². The van der Waals surface area contributed by atoms with Crippen LogP contribution in [0, 0.1) is 0 Å². The molecule has 27 heavy (non-hydrogen) atoms. The lowest BCUT2D eigenvalue weighted by Crippen LogP contribution is -2.16. The Kier molecular flexibility index (Phi) is 11.8. The molecule has 0 aliphatic carbocycles. The van der Waals surface area contributed by atoms with Crippen molar-refractivity contribution in [2.75, 3.05) is 18.5 Å². The molecule has 2 rings (SSSR count). The molecule has 0 fully saturated rings. The first kappa shape index (κ1) is 25.2. The van der Waals surface area contributed by atoms with Crippen LogP contribution in [0.2, 0.25) is 0 Å². The first-order valence-electron chi connectivity index (χ1n) is 9.91. The van der Waals surface area contributed by atoms with E-state index in [2.05, 4.69) is 68.6 Å². The summed E-state index contributed by atoms with van der Waals surface area (Å²) >= 11 is 4.41. The van der Waals surface area contributed by atoms with Gasteiger partial charge in [-0.2, -0.15) is 0 Å². The summed E-state index contributed by atoms with van der Waals surface area (Å²) < 4.78 is 39.8. The van der Waals surface area contributed by atoms with Crippen molar-refractivity contribution >= 4 is 38.0 Å². The van der Waals surface area contributed by atoms with Crippen LogP contribution in [0.25, 0.3) is 0 Å². The summed E-state index contributed by atoms with van der Waals surface area (Å²) in [7, 11) is -6.85. The predicted octanol–water partition coefficient (Wildman–Crippen LogP) is 8.89. The maximum atomic E-state index is 9.75. The van der Waals surface area contributed by atoms with E-state index in [0.29, 0.717) is 0 Å². The lowest BCUT2D eigenvalue weighted by molar-refractivity contribution is 0.368. The molecule has 0 unspecified atom stereocenters. The Bertz CT molecular complexity index is 490. The van der Waals surface area contributed by atoms with Gasteiger partial charge in [-0.3, -0.25) is 0 Å². The average Bonchev–Trinajstić information content (AvgIpc) is 3.05. The molecule has 1 aromatic carbocycles. The maximum absolute atomic E-state index is 9.75. The number of rotatable bonds is 10. The molecular formula is C19H32BF4PS2. The van der Waals surface area contributed by atoms with E-state index in [1.54, 1.807) is 9.79 Å². The Hall–Kier alpha value is 0.135. The Morgan fingerprint density at radius 2 is 1.11 bits per heavy atom. The van der Waals surface area contributed by atoms with Crippen molar-refractivity contribution in [1.29, 1.82) is 0 Å². The van der Waals surface area contributed by atoms with Crippen molar-refractivity contribution in [2.45, 2.75) is 73.4 Å². The third-order valence-electron chi connectivity index (χ3n) is 4.62. The lowest BCUT2D eigenvalue weighted by Gasteiger charge is -2.32. The number of unbranched alkanes of at least 4 members (excludes halogenated alkanes) is 3. The van der Waals surface area contributed by atoms with Gasteiger partial charge in [0.2, 0.25) is 0 Å². The van der Waals surface area contributed by atoms with E-state index in [0.717, 1.165) is 4.32 Å². The van der Waals surface area contributed by atoms with Gasteiger partial charge in [0.15, 0.2) is 4.32 Å². The second-order valence-corrected chi connectivity index (χ2v) is 14.5. The fraction of sp³-hybridized carbons (Fsp3) is 0.684. The van der Waals surface area contributed by atoms with Crippen molar-refractivity contribution in [3.8, 4) is 0 Å². The largest absolute Gasteiger partial charge is 0.673 e. The minimum atomic E-state index is -6.00. The molecule has 0 N–H and O–H groups in total. The highest BCUT2D eigenvalue weighted by Crippen LogP contribution is 2.75. The van der Waals surface area contributed by atoms with Crippen molar-refractivity contribution in [3.05, 3.63) is 24.3 Å². The number of benzene rings is 1. The first-order valence-corrected chi connectivity index (χ1v) is 14.1. The molecule has 0 saturated carbocycles. The van der Waals surface area contributed by atoms with Crippen LogP contribution in [0.5, 0.6) is 0 Å². The molecule has 0 radical (unpaired) electrons. The fourth-order valence-electron chi connectivity index (χ4n) is 3.18. The van der Waals surface area contributed by atoms with Crippen molar-refractivity contribution in [1.82, 2.24) is 0 Å². The van der Waals surface area contributed by atoms with Gasteiger partial charge in [0.1, 0.15) is 0 Å². The zero-order valence-corrected chi connectivity index (χ0v) is 19.1. The highest BCUT2D eigenvalue weighted by atomic mass is 32.2. The Morgan fingerprint density at radius 3 is 1.41 bits per heavy atom.